The third-order valence-corrected chi connectivity index (χ3v) is 6.03. The van der Waals surface area contributed by atoms with E-state index < -0.39 is 15.8 Å². The van der Waals surface area contributed by atoms with E-state index >= 15 is 0 Å². The zero-order chi connectivity index (χ0) is 13.6. The summed E-state index contributed by atoms with van der Waals surface area (Å²) in [6, 6.07) is 5.58. The first-order chi connectivity index (χ1) is 9.00. The highest BCUT2D eigenvalue weighted by molar-refractivity contribution is 7.89. The number of likely N-dealkylation sites (tertiary alicyclic amines) is 1. The van der Waals surface area contributed by atoms with Crippen LogP contribution >= 0.6 is 0 Å². The van der Waals surface area contributed by atoms with Crippen molar-refractivity contribution >= 4 is 10.0 Å². The second-order valence-corrected chi connectivity index (χ2v) is 7.18. The highest BCUT2D eigenvalue weighted by Crippen LogP contribution is 2.35. The van der Waals surface area contributed by atoms with Crippen LogP contribution in [0.15, 0.2) is 29.2 Å². The number of rotatable bonds is 2. The monoisotopic (exact) mass is 284 g/mol. The van der Waals surface area contributed by atoms with Crippen molar-refractivity contribution in [1.82, 2.24) is 9.21 Å². The van der Waals surface area contributed by atoms with Crippen molar-refractivity contribution in [2.45, 2.75) is 29.8 Å². The number of hydrogen-bond donors (Lipinski definition) is 0. The molecule has 1 aromatic carbocycles. The van der Waals surface area contributed by atoms with Gasteiger partial charge in [-0.1, -0.05) is 12.1 Å². The summed E-state index contributed by atoms with van der Waals surface area (Å²) >= 11 is 0. The molecule has 104 valence electrons. The Morgan fingerprint density at radius 3 is 2.32 bits per heavy atom. The summed E-state index contributed by atoms with van der Waals surface area (Å²) in [4.78, 5) is 1.95. The van der Waals surface area contributed by atoms with Gasteiger partial charge in [0.2, 0.25) is 10.0 Å². The van der Waals surface area contributed by atoms with Crippen molar-refractivity contribution in [2.75, 3.05) is 20.1 Å². The van der Waals surface area contributed by atoms with Crippen LogP contribution in [0.2, 0.25) is 0 Å². The molecule has 2 bridgehead atoms. The molecular formula is C13H17FN2O2S. The second-order valence-electron chi connectivity index (χ2n) is 5.37. The molecule has 2 unspecified atom stereocenters. The second kappa shape index (κ2) is 4.54. The minimum Gasteiger partial charge on any atom is -0.303 e. The SMILES string of the molecule is CN1CC2CCC(C1)N2S(=O)(=O)c1ccccc1F. The number of sulfonamides is 1. The number of halogens is 1. The van der Waals surface area contributed by atoms with Crippen LogP contribution in [0, 0.1) is 5.82 Å². The lowest BCUT2D eigenvalue weighted by Gasteiger charge is -2.38. The van der Waals surface area contributed by atoms with Gasteiger partial charge in [-0.05, 0) is 32.0 Å². The molecule has 2 aliphatic rings. The Hall–Kier alpha value is -0.980. The zero-order valence-corrected chi connectivity index (χ0v) is 11.6. The summed E-state index contributed by atoms with van der Waals surface area (Å²) in [5.74, 6) is -0.666. The minimum atomic E-state index is -3.72. The number of hydrogen-bond acceptors (Lipinski definition) is 3. The molecular weight excluding hydrogens is 267 g/mol. The van der Waals surface area contributed by atoms with E-state index in [1.54, 1.807) is 6.07 Å². The van der Waals surface area contributed by atoms with Crippen LogP contribution in [0.25, 0.3) is 0 Å². The Kier molecular flexibility index (Phi) is 3.11. The third kappa shape index (κ3) is 2.07. The molecule has 0 aliphatic carbocycles. The van der Waals surface area contributed by atoms with E-state index in [-0.39, 0.29) is 17.0 Å². The van der Waals surface area contributed by atoms with Gasteiger partial charge in [0.1, 0.15) is 10.7 Å². The summed E-state index contributed by atoms with van der Waals surface area (Å²) in [6.45, 7) is 1.45. The average Bonchev–Trinajstić information content (AvgIpc) is 2.63. The largest absolute Gasteiger partial charge is 0.303 e. The highest BCUT2D eigenvalue weighted by atomic mass is 32.2. The molecule has 0 aromatic heterocycles. The predicted molar refractivity (Wildman–Crippen MR) is 69.7 cm³/mol. The van der Waals surface area contributed by atoms with Gasteiger partial charge in [0.15, 0.2) is 0 Å². The van der Waals surface area contributed by atoms with Crippen molar-refractivity contribution in [3.05, 3.63) is 30.1 Å². The molecule has 0 amide bonds. The first-order valence-corrected chi connectivity index (χ1v) is 7.91. The summed E-state index contributed by atoms with van der Waals surface area (Å²) in [7, 11) is -1.72. The number of piperazine rings is 1. The van der Waals surface area contributed by atoms with Crippen LogP contribution in [-0.4, -0.2) is 49.8 Å². The molecule has 1 aromatic rings. The molecule has 2 aliphatic heterocycles. The minimum absolute atomic E-state index is 0.0200. The van der Waals surface area contributed by atoms with Crippen LogP contribution in [0.3, 0.4) is 0 Å². The average molecular weight is 284 g/mol. The number of benzene rings is 1. The van der Waals surface area contributed by atoms with Crippen molar-refractivity contribution in [3.63, 3.8) is 0 Å². The number of likely N-dealkylation sites (N-methyl/N-ethyl adjacent to an activating group) is 1. The first kappa shape index (κ1) is 13.0. The molecule has 2 atom stereocenters. The van der Waals surface area contributed by atoms with Gasteiger partial charge in [0.05, 0.1) is 0 Å². The highest BCUT2D eigenvalue weighted by Gasteiger charge is 2.46. The topological polar surface area (TPSA) is 40.6 Å². The van der Waals surface area contributed by atoms with E-state index in [1.807, 2.05) is 7.05 Å². The molecule has 4 nitrogen and oxygen atoms in total. The van der Waals surface area contributed by atoms with Gasteiger partial charge in [-0.3, -0.25) is 0 Å². The van der Waals surface area contributed by atoms with Crippen LogP contribution in [0.4, 0.5) is 4.39 Å². The summed E-state index contributed by atoms with van der Waals surface area (Å²) in [5, 5.41) is 0. The van der Waals surface area contributed by atoms with E-state index in [1.165, 1.54) is 22.5 Å². The van der Waals surface area contributed by atoms with Crippen LogP contribution < -0.4 is 0 Å². The lowest BCUT2D eigenvalue weighted by molar-refractivity contribution is 0.154. The zero-order valence-electron chi connectivity index (χ0n) is 10.8. The Balaban J connectivity index is 2.01. The van der Waals surface area contributed by atoms with E-state index in [9.17, 15) is 12.8 Å². The number of fused-ring (bicyclic) bond motifs is 2. The standard InChI is InChI=1S/C13H17FN2O2S/c1-15-8-10-6-7-11(9-15)16(10)19(17,18)13-5-3-2-4-12(13)14/h2-5,10-11H,6-9H2,1H3. The van der Waals surface area contributed by atoms with Crippen LogP contribution in [0.5, 0.6) is 0 Å². The van der Waals surface area contributed by atoms with Crippen molar-refractivity contribution < 1.29 is 12.8 Å². The van der Waals surface area contributed by atoms with Gasteiger partial charge in [0.25, 0.3) is 0 Å². The van der Waals surface area contributed by atoms with Crippen molar-refractivity contribution in [3.8, 4) is 0 Å². The fourth-order valence-corrected chi connectivity index (χ4v) is 5.16. The molecule has 0 spiro atoms. The quantitative estimate of drug-likeness (QED) is 0.822. The lowest BCUT2D eigenvalue weighted by atomic mass is 10.2. The Morgan fingerprint density at radius 2 is 1.74 bits per heavy atom. The molecule has 6 heteroatoms. The Labute approximate surface area is 112 Å². The molecule has 19 heavy (non-hydrogen) atoms. The molecule has 2 saturated heterocycles. The maximum atomic E-state index is 13.8. The fraction of sp³-hybridized carbons (Fsp3) is 0.538. The molecule has 2 fully saturated rings. The van der Waals surface area contributed by atoms with E-state index in [2.05, 4.69) is 4.90 Å². The Morgan fingerprint density at radius 1 is 1.16 bits per heavy atom. The van der Waals surface area contributed by atoms with Gasteiger partial charge in [0, 0.05) is 25.2 Å². The van der Waals surface area contributed by atoms with Gasteiger partial charge >= 0.3 is 0 Å². The smallest absolute Gasteiger partial charge is 0.246 e. The van der Waals surface area contributed by atoms with Crippen LogP contribution in [0.1, 0.15) is 12.8 Å². The van der Waals surface area contributed by atoms with Gasteiger partial charge in [-0.2, -0.15) is 4.31 Å². The molecule has 3 rings (SSSR count). The van der Waals surface area contributed by atoms with Gasteiger partial charge < -0.3 is 4.90 Å². The van der Waals surface area contributed by atoms with E-state index in [0.717, 1.165) is 25.9 Å². The van der Waals surface area contributed by atoms with Crippen molar-refractivity contribution in [1.29, 1.82) is 0 Å². The normalized spacial score (nSPS) is 28.7. The first-order valence-electron chi connectivity index (χ1n) is 6.47. The molecule has 0 radical (unpaired) electrons. The van der Waals surface area contributed by atoms with E-state index in [0.29, 0.717) is 0 Å². The fourth-order valence-electron chi connectivity index (χ4n) is 3.23. The summed E-state index contributed by atoms with van der Waals surface area (Å²) < 4.78 is 40.6. The van der Waals surface area contributed by atoms with Gasteiger partial charge in [-0.15, -0.1) is 0 Å². The van der Waals surface area contributed by atoms with Gasteiger partial charge in [-0.25, -0.2) is 12.8 Å². The predicted octanol–water partition coefficient (Wildman–Crippen LogP) is 1.29. The molecule has 2 heterocycles. The molecule has 0 saturated carbocycles. The van der Waals surface area contributed by atoms with Crippen LogP contribution in [-0.2, 0) is 10.0 Å². The summed E-state index contributed by atoms with van der Waals surface area (Å²) in [6.07, 6.45) is 1.73. The maximum Gasteiger partial charge on any atom is 0.246 e. The van der Waals surface area contributed by atoms with Crippen molar-refractivity contribution in [2.24, 2.45) is 0 Å². The Bertz CT molecular complexity index is 576. The number of nitrogens with zero attached hydrogens (tertiary/aromatic N) is 2. The van der Waals surface area contributed by atoms with E-state index in [4.69, 9.17) is 0 Å². The lowest BCUT2D eigenvalue weighted by Crippen LogP contribution is -2.54. The maximum absolute atomic E-state index is 13.8. The molecule has 0 N–H and O–H groups in total. The third-order valence-electron chi connectivity index (χ3n) is 3.99. The summed E-state index contributed by atoms with van der Waals surface area (Å²) in [5.41, 5.74) is 0.